The second-order valence-corrected chi connectivity index (χ2v) is 19.5. The fourth-order valence-corrected chi connectivity index (χ4v) is 8.90. The summed E-state index contributed by atoms with van der Waals surface area (Å²) in [6, 6.07) is 24.6. The van der Waals surface area contributed by atoms with E-state index in [1.165, 1.54) is 22.3 Å². The van der Waals surface area contributed by atoms with Gasteiger partial charge in [-0.1, -0.05) is 156 Å². The summed E-state index contributed by atoms with van der Waals surface area (Å²) in [6.45, 7) is 28.0. The Bertz CT molecular complexity index is 2760. The molecule has 0 saturated heterocycles. The molecule has 2 N–H and O–H groups in total. The first-order valence-electron chi connectivity index (χ1n) is 19.7. The Morgan fingerprint density at radius 1 is 0.333 bits per heavy atom. The third-order valence-corrected chi connectivity index (χ3v) is 11.0. The predicted octanol–water partition coefficient (Wildman–Crippen LogP) is 12.1. The number of H-pyrrole nitrogens is 2. The van der Waals surface area contributed by atoms with E-state index in [1.807, 2.05) is 36.4 Å². The normalized spacial score (nSPS) is 13.1. The maximum absolute atomic E-state index is 5.53. The number of aromatic amines is 2. The van der Waals surface area contributed by atoms with E-state index < -0.39 is 0 Å². The monoisotopic (exact) mass is 802 g/mol. The van der Waals surface area contributed by atoms with Crippen LogP contribution < -0.4 is 0 Å². The molecule has 7 aromatic rings. The van der Waals surface area contributed by atoms with Crippen molar-refractivity contribution in [1.29, 1.82) is 0 Å². The minimum Gasteiger partial charge on any atom is -0.324 e. The average molecular weight is 804 g/mol. The largest absolute Gasteiger partial charge is 2.00 e. The van der Waals surface area contributed by atoms with Gasteiger partial charge in [-0.05, 0) is 43.9 Å². The van der Waals surface area contributed by atoms with Gasteiger partial charge in [0.05, 0.1) is 0 Å². The maximum Gasteiger partial charge on any atom is 2.00 e. The third kappa shape index (κ3) is 6.21. The number of hydrogen-bond acceptors (Lipinski definition) is 6. The van der Waals surface area contributed by atoms with Gasteiger partial charge in [0.1, 0.15) is 22.6 Å². The minimum absolute atomic E-state index is 0. The van der Waals surface area contributed by atoms with Crippen molar-refractivity contribution in [1.82, 2.24) is 39.9 Å². The second kappa shape index (κ2) is 12.9. The number of aromatic nitrogens is 8. The summed E-state index contributed by atoms with van der Waals surface area (Å²) in [4.78, 5) is 39.2. The summed E-state index contributed by atoms with van der Waals surface area (Å²) >= 11 is 0. The summed E-state index contributed by atoms with van der Waals surface area (Å²) < 4.78 is 0. The fraction of sp³-hybridized carbons (Fsp3) is 0.333. The van der Waals surface area contributed by atoms with Gasteiger partial charge < -0.3 is 9.97 Å². The van der Waals surface area contributed by atoms with E-state index in [4.69, 9.17) is 29.9 Å². The van der Waals surface area contributed by atoms with Crippen molar-refractivity contribution in [3.63, 3.8) is 0 Å². The molecule has 0 fully saturated rings. The molecule has 8 bridgehead atoms. The van der Waals surface area contributed by atoms with E-state index in [0.29, 0.717) is 34.6 Å². The first-order valence-corrected chi connectivity index (χ1v) is 19.7. The summed E-state index contributed by atoms with van der Waals surface area (Å²) in [6.07, 6.45) is 0. The van der Waals surface area contributed by atoms with Crippen molar-refractivity contribution in [2.75, 3.05) is 0 Å². The van der Waals surface area contributed by atoms with Crippen LogP contribution in [-0.2, 0) is 41.1 Å². The zero-order valence-corrected chi connectivity index (χ0v) is 38.3. The molecule has 2 aliphatic heterocycles. The molecule has 0 radical (unpaired) electrons. The molecule has 8 nitrogen and oxygen atoms in total. The number of nitrogens with one attached hydrogen (secondary N) is 2. The predicted molar refractivity (Wildman–Crippen MR) is 231 cm³/mol. The third-order valence-electron chi connectivity index (χ3n) is 11.0. The second-order valence-electron chi connectivity index (χ2n) is 19.5. The topological polar surface area (TPSA) is 109 Å². The molecule has 0 unspecified atom stereocenters. The molecule has 0 atom stereocenters. The van der Waals surface area contributed by atoms with Crippen molar-refractivity contribution < 1.29 is 19.5 Å². The van der Waals surface area contributed by atoms with Gasteiger partial charge in [0.15, 0.2) is 23.3 Å². The van der Waals surface area contributed by atoms with Crippen molar-refractivity contribution in [2.24, 2.45) is 0 Å². The summed E-state index contributed by atoms with van der Waals surface area (Å²) in [7, 11) is 0. The fourth-order valence-electron chi connectivity index (χ4n) is 8.90. The van der Waals surface area contributed by atoms with Crippen molar-refractivity contribution in [2.45, 2.75) is 105 Å². The van der Waals surface area contributed by atoms with Gasteiger partial charge in [-0.3, -0.25) is 0 Å². The Kier molecular flexibility index (Phi) is 8.79. The molecule has 5 heterocycles. The summed E-state index contributed by atoms with van der Waals surface area (Å²) in [5, 5.41) is 4.06. The van der Waals surface area contributed by atoms with Gasteiger partial charge in [-0.2, -0.15) is 0 Å². The molecule has 0 amide bonds. The number of fused-ring (bicyclic) bond motifs is 20. The number of nitrogens with zero attached hydrogens (tertiary/aromatic N) is 6. The zero-order chi connectivity index (χ0) is 39.7. The van der Waals surface area contributed by atoms with Crippen LogP contribution in [0.1, 0.15) is 105 Å². The standard InChI is InChI=1S/C48H50N8.Zn/c1-45(2,3)33-31-32(34(46(4,5)6)36(48(10,11)12)35(33)47(7,8)9)44-55-42-30-24-18-16-22-28(30)40(53-42)51-38-26-20-14-13-19-25(26)37(49-38)50-39-27-21-15-17-23-29(27)41(52-39)54-43(31)56-44;/h13-24H,1-12H3,(H2,49,50,51,52,53,54,55,56);/q;+2. The molecule has 2 aliphatic rings. The molecule has 0 saturated carbocycles. The van der Waals surface area contributed by atoms with Crippen LogP contribution in [0, 0.1) is 0 Å². The van der Waals surface area contributed by atoms with Crippen LogP contribution in [0.2, 0.25) is 0 Å². The van der Waals surface area contributed by atoms with E-state index in [2.05, 4.69) is 129 Å². The number of hydrogen-bond donors (Lipinski definition) is 2. The molecular formula is C48H50N8Zn+2. The van der Waals surface area contributed by atoms with Gasteiger partial charge >= 0.3 is 19.5 Å². The van der Waals surface area contributed by atoms with E-state index in [0.717, 1.165) is 55.1 Å². The molecule has 9 heteroatoms. The van der Waals surface area contributed by atoms with Crippen LogP contribution in [-0.4, -0.2) is 39.9 Å². The first-order chi connectivity index (χ1) is 26.3. The van der Waals surface area contributed by atoms with E-state index in [9.17, 15) is 0 Å². The van der Waals surface area contributed by atoms with Crippen LogP contribution >= 0.6 is 0 Å². The SMILES string of the molecule is CC(C)(C)c1c(C(C)(C)C)c(C(C)(C)C)c2c3nc4nc(nc5[nH]c(nc6nc(nc([nH]3)c2c1C(C)(C)C)-c1ccccc1-6)c1ccccc51)-c1ccccc1-4.[Zn+2]. The quantitative estimate of drug-likeness (QED) is 0.148. The summed E-state index contributed by atoms with van der Waals surface area (Å²) in [5.41, 5.74) is 10.9. The first kappa shape index (κ1) is 38.7. The van der Waals surface area contributed by atoms with Crippen LogP contribution in [0.25, 0.3) is 89.7 Å². The van der Waals surface area contributed by atoms with Crippen LogP contribution in [0.3, 0.4) is 0 Å². The van der Waals surface area contributed by atoms with E-state index in [-0.39, 0.29) is 41.1 Å². The Hall–Kier alpha value is -5.14. The molecule has 3 aromatic heterocycles. The van der Waals surface area contributed by atoms with E-state index >= 15 is 0 Å². The molecule has 0 spiro atoms. The van der Waals surface area contributed by atoms with Gasteiger partial charge in [-0.15, -0.1) is 0 Å². The molecular weight excluding hydrogens is 754 g/mol. The Morgan fingerprint density at radius 2 is 0.596 bits per heavy atom. The van der Waals surface area contributed by atoms with Crippen molar-refractivity contribution >= 4 is 44.1 Å². The van der Waals surface area contributed by atoms with Gasteiger partial charge in [-0.25, -0.2) is 29.9 Å². The van der Waals surface area contributed by atoms with Crippen LogP contribution in [0.4, 0.5) is 0 Å². The van der Waals surface area contributed by atoms with Gasteiger partial charge in [0, 0.05) is 43.8 Å². The molecule has 0 aliphatic carbocycles. The number of benzene rings is 4. The Morgan fingerprint density at radius 3 is 0.895 bits per heavy atom. The Labute approximate surface area is 347 Å². The van der Waals surface area contributed by atoms with Crippen LogP contribution in [0.5, 0.6) is 0 Å². The molecule has 282 valence electrons. The maximum atomic E-state index is 5.53. The molecule has 57 heavy (non-hydrogen) atoms. The molecule has 9 rings (SSSR count). The molecule has 4 aromatic carbocycles. The van der Waals surface area contributed by atoms with Crippen molar-refractivity contribution in [3.8, 4) is 45.6 Å². The zero-order valence-electron chi connectivity index (χ0n) is 35.3. The van der Waals surface area contributed by atoms with Gasteiger partial charge in [0.25, 0.3) is 0 Å². The van der Waals surface area contributed by atoms with Crippen LogP contribution in [0.15, 0.2) is 72.8 Å². The Balaban J connectivity index is 0.00000455. The van der Waals surface area contributed by atoms with Gasteiger partial charge in [0.2, 0.25) is 0 Å². The van der Waals surface area contributed by atoms with Crippen molar-refractivity contribution in [3.05, 3.63) is 95.1 Å². The smallest absolute Gasteiger partial charge is 0.324 e. The van der Waals surface area contributed by atoms with E-state index in [1.54, 1.807) is 0 Å². The number of rotatable bonds is 0. The summed E-state index contributed by atoms with van der Waals surface area (Å²) in [5.74, 6) is 2.41. The minimum atomic E-state index is -0.259. The average Bonchev–Trinajstić information content (AvgIpc) is 3.84.